The molecule has 8 heteroatoms. The van der Waals surface area contributed by atoms with Crippen LogP contribution in [0.4, 0.5) is 10.8 Å². The summed E-state index contributed by atoms with van der Waals surface area (Å²) >= 11 is 1.65. The first-order valence-electron chi connectivity index (χ1n) is 10.1. The Morgan fingerprint density at radius 3 is 2.70 bits per heavy atom. The quantitative estimate of drug-likeness (QED) is 0.534. The number of benzene rings is 1. The highest BCUT2D eigenvalue weighted by Gasteiger charge is 2.14. The van der Waals surface area contributed by atoms with Crippen LogP contribution < -0.4 is 11.1 Å². The Labute approximate surface area is 180 Å². The molecule has 7 nitrogen and oxygen atoms in total. The van der Waals surface area contributed by atoms with E-state index in [1.54, 1.807) is 24.5 Å². The third-order valence-corrected chi connectivity index (χ3v) is 6.26. The summed E-state index contributed by atoms with van der Waals surface area (Å²) in [6, 6.07) is 12.0. The lowest BCUT2D eigenvalue weighted by Gasteiger charge is -2.25. The van der Waals surface area contributed by atoms with Gasteiger partial charge >= 0.3 is 0 Å². The molecule has 4 rings (SSSR count). The van der Waals surface area contributed by atoms with Gasteiger partial charge in [-0.05, 0) is 30.2 Å². The van der Waals surface area contributed by atoms with Crippen LogP contribution in [0.3, 0.4) is 0 Å². The first-order chi connectivity index (χ1) is 14.6. The molecule has 0 saturated carbocycles. The van der Waals surface area contributed by atoms with Gasteiger partial charge in [0.05, 0.1) is 30.9 Å². The van der Waals surface area contributed by atoms with Crippen LogP contribution in [0.25, 0.3) is 10.4 Å². The van der Waals surface area contributed by atoms with Gasteiger partial charge in [0.15, 0.2) is 0 Å². The van der Waals surface area contributed by atoms with Crippen molar-refractivity contribution < 1.29 is 9.84 Å². The number of rotatable bonds is 7. The second-order valence-electron chi connectivity index (χ2n) is 7.34. The molecule has 0 spiro atoms. The summed E-state index contributed by atoms with van der Waals surface area (Å²) < 4.78 is 5.40. The maximum Gasteiger partial charge on any atom is 0.144 e. The summed E-state index contributed by atoms with van der Waals surface area (Å²) in [6.07, 6.45) is 1.32. The average molecular weight is 426 g/mol. The highest BCUT2D eigenvalue weighted by Crippen LogP contribution is 2.37. The Hall–Kier alpha value is -2.36. The average Bonchev–Trinajstić information content (AvgIpc) is 3.17. The normalized spacial score (nSPS) is 15.8. The summed E-state index contributed by atoms with van der Waals surface area (Å²) in [5, 5.41) is 14.1. The minimum atomic E-state index is -0.469. The molecular weight excluding hydrogens is 398 g/mol. The highest BCUT2D eigenvalue weighted by atomic mass is 32.1. The Bertz CT molecular complexity index is 968. The van der Waals surface area contributed by atoms with Crippen LogP contribution in [-0.2, 0) is 17.8 Å². The van der Waals surface area contributed by atoms with Crippen LogP contribution >= 0.6 is 11.3 Å². The molecule has 1 fully saturated rings. The van der Waals surface area contributed by atoms with E-state index in [0.717, 1.165) is 64.5 Å². The molecule has 4 N–H and O–H groups in total. The number of hydrogen-bond donors (Lipinski definition) is 3. The van der Waals surface area contributed by atoms with Crippen molar-refractivity contribution in [2.75, 3.05) is 31.6 Å². The van der Waals surface area contributed by atoms with Gasteiger partial charge < -0.3 is 20.9 Å². The summed E-state index contributed by atoms with van der Waals surface area (Å²) in [5.41, 5.74) is 9.04. The standard InChI is InChI=1S/C22H27N5O2S/c1-15(28)16-2-4-17(5-3-16)19-12-18(13-23)22(30-19)26-20-6-7-24-21(25-20)14-27-8-10-29-11-9-27/h2-7,12,15,28H,8-11,13-14,23H2,1H3,(H,24,25,26)/t15-/m0/s1. The molecule has 1 aliphatic rings. The molecule has 0 unspecified atom stereocenters. The number of anilines is 2. The van der Waals surface area contributed by atoms with E-state index in [-0.39, 0.29) is 0 Å². The second-order valence-corrected chi connectivity index (χ2v) is 8.39. The summed E-state index contributed by atoms with van der Waals surface area (Å²) in [5.74, 6) is 1.56. The van der Waals surface area contributed by atoms with Gasteiger partial charge in [0.1, 0.15) is 11.6 Å². The number of aromatic nitrogens is 2. The Kier molecular flexibility index (Phi) is 6.71. The smallest absolute Gasteiger partial charge is 0.144 e. The molecule has 1 aromatic carbocycles. The number of thiophene rings is 1. The van der Waals surface area contributed by atoms with Crippen molar-refractivity contribution in [3.05, 3.63) is 59.5 Å². The van der Waals surface area contributed by atoms with Crippen molar-refractivity contribution in [3.63, 3.8) is 0 Å². The molecular formula is C22H27N5O2S. The van der Waals surface area contributed by atoms with Gasteiger partial charge in [0, 0.05) is 36.3 Å². The van der Waals surface area contributed by atoms with E-state index in [2.05, 4.69) is 26.3 Å². The van der Waals surface area contributed by atoms with Gasteiger partial charge in [0.2, 0.25) is 0 Å². The zero-order chi connectivity index (χ0) is 20.9. The monoisotopic (exact) mass is 425 g/mol. The van der Waals surface area contributed by atoms with Crippen LogP contribution in [0, 0.1) is 0 Å². The SMILES string of the molecule is C[C@H](O)c1ccc(-c2cc(CN)c(Nc3ccnc(CN4CCOCC4)n3)s2)cc1. The Morgan fingerprint density at radius 2 is 2.00 bits per heavy atom. The molecule has 1 aliphatic heterocycles. The maximum absolute atomic E-state index is 9.72. The number of aliphatic hydroxyl groups is 1. The zero-order valence-corrected chi connectivity index (χ0v) is 17.9. The fourth-order valence-corrected chi connectivity index (χ4v) is 4.48. The highest BCUT2D eigenvalue weighted by molar-refractivity contribution is 7.19. The number of aliphatic hydroxyl groups excluding tert-OH is 1. The molecule has 3 heterocycles. The van der Waals surface area contributed by atoms with E-state index in [1.807, 2.05) is 30.3 Å². The molecule has 158 valence electrons. The maximum atomic E-state index is 9.72. The molecule has 30 heavy (non-hydrogen) atoms. The van der Waals surface area contributed by atoms with E-state index >= 15 is 0 Å². The van der Waals surface area contributed by atoms with E-state index in [1.165, 1.54) is 0 Å². The van der Waals surface area contributed by atoms with Crippen molar-refractivity contribution in [1.29, 1.82) is 0 Å². The molecule has 1 saturated heterocycles. The van der Waals surface area contributed by atoms with E-state index < -0.39 is 6.10 Å². The summed E-state index contributed by atoms with van der Waals surface area (Å²) in [6.45, 7) is 6.25. The van der Waals surface area contributed by atoms with Gasteiger partial charge in [-0.25, -0.2) is 9.97 Å². The largest absolute Gasteiger partial charge is 0.389 e. The Balaban J connectivity index is 1.51. The first kappa shape index (κ1) is 20.9. The van der Waals surface area contributed by atoms with Crippen molar-refractivity contribution in [2.45, 2.75) is 26.1 Å². The predicted molar refractivity (Wildman–Crippen MR) is 120 cm³/mol. The number of nitrogens with one attached hydrogen (secondary N) is 1. The molecule has 1 atom stereocenters. The lowest BCUT2D eigenvalue weighted by molar-refractivity contribution is 0.0331. The zero-order valence-electron chi connectivity index (χ0n) is 17.0. The fraction of sp³-hybridized carbons (Fsp3) is 0.364. The third kappa shape index (κ3) is 5.03. The van der Waals surface area contributed by atoms with E-state index in [0.29, 0.717) is 13.1 Å². The minimum absolute atomic E-state index is 0.441. The molecule has 0 bridgehead atoms. The van der Waals surface area contributed by atoms with Gasteiger partial charge in [-0.1, -0.05) is 24.3 Å². The second kappa shape index (κ2) is 9.63. The lowest BCUT2D eigenvalue weighted by atomic mass is 10.1. The number of hydrogen-bond acceptors (Lipinski definition) is 8. The van der Waals surface area contributed by atoms with Crippen LogP contribution in [0.1, 0.15) is 30.0 Å². The summed E-state index contributed by atoms with van der Waals surface area (Å²) in [4.78, 5) is 12.5. The molecule has 0 aliphatic carbocycles. The minimum Gasteiger partial charge on any atom is -0.389 e. The van der Waals surface area contributed by atoms with Gasteiger partial charge in [-0.15, -0.1) is 11.3 Å². The molecule has 0 radical (unpaired) electrons. The number of morpholine rings is 1. The van der Waals surface area contributed by atoms with Gasteiger partial charge in [-0.3, -0.25) is 4.90 Å². The van der Waals surface area contributed by atoms with Gasteiger partial charge in [-0.2, -0.15) is 0 Å². The molecule has 0 amide bonds. The van der Waals surface area contributed by atoms with E-state index in [9.17, 15) is 5.11 Å². The van der Waals surface area contributed by atoms with Crippen molar-refractivity contribution in [3.8, 4) is 10.4 Å². The van der Waals surface area contributed by atoms with Crippen LogP contribution in [0.2, 0.25) is 0 Å². The van der Waals surface area contributed by atoms with Crippen molar-refractivity contribution in [2.24, 2.45) is 5.73 Å². The number of nitrogens with two attached hydrogens (primary N) is 1. The third-order valence-electron chi connectivity index (χ3n) is 5.12. The Morgan fingerprint density at radius 1 is 1.23 bits per heavy atom. The topological polar surface area (TPSA) is 96.5 Å². The predicted octanol–water partition coefficient (Wildman–Crippen LogP) is 3.29. The first-order valence-corrected chi connectivity index (χ1v) is 10.9. The molecule has 2 aromatic heterocycles. The van der Waals surface area contributed by atoms with Crippen LogP contribution in [0.15, 0.2) is 42.6 Å². The fourth-order valence-electron chi connectivity index (χ4n) is 3.37. The van der Waals surface area contributed by atoms with Gasteiger partial charge in [0.25, 0.3) is 0 Å². The number of nitrogens with zero attached hydrogens (tertiary/aromatic N) is 3. The van der Waals surface area contributed by atoms with Crippen LogP contribution in [0.5, 0.6) is 0 Å². The molecule has 3 aromatic rings. The van der Waals surface area contributed by atoms with E-state index in [4.69, 9.17) is 10.5 Å². The lowest BCUT2D eigenvalue weighted by Crippen LogP contribution is -2.36. The summed E-state index contributed by atoms with van der Waals surface area (Å²) in [7, 11) is 0. The van der Waals surface area contributed by atoms with Crippen molar-refractivity contribution >= 4 is 22.2 Å². The van der Waals surface area contributed by atoms with Crippen LogP contribution in [-0.4, -0.2) is 46.3 Å². The van der Waals surface area contributed by atoms with Crippen molar-refractivity contribution in [1.82, 2.24) is 14.9 Å². The number of ether oxygens (including phenoxy) is 1.